The van der Waals surface area contributed by atoms with Crippen molar-refractivity contribution in [3.63, 3.8) is 0 Å². The van der Waals surface area contributed by atoms with Gasteiger partial charge in [-0.1, -0.05) is 13.8 Å². The molecule has 1 heterocycles. The van der Waals surface area contributed by atoms with E-state index in [1.165, 1.54) is 17.7 Å². The molecule has 0 aliphatic heterocycles. The molecule has 0 saturated heterocycles. The van der Waals surface area contributed by atoms with Crippen molar-refractivity contribution in [2.75, 3.05) is 6.54 Å². The summed E-state index contributed by atoms with van der Waals surface area (Å²) in [4.78, 5) is 4.40. The van der Waals surface area contributed by atoms with Gasteiger partial charge in [-0.15, -0.1) is 0 Å². The molecule has 0 bridgehead atoms. The van der Waals surface area contributed by atoms with Crippen molar-refractivity contribution in [2.45, 2.75) is 39.7 Å². The van der Waals surface area contributed by atoms with E-state index >= 15 is 0 Å². The summed E-state index contributed by atoms with van der Waals surface area (Å²) >= 11 is 0. The Morgan fingerprint density at radius 2 is 2.21 bits per heavy atom. The Morgan fingerprint density at radius 3 is 2.79 bits per heavy atom. The monoisotopic (exact) mass is 192 g/mol. The molecule has 1 rings (SSSR count). The molecule has 0 saturated carbocycles. The smallest absolute Gasteiger partial charge is 0.0575 e. The molecule has 1 atom stereocenters. The number of nitrogens with zero attached hydrogens (tertiary/aromatic N) is 1. The van der Waals surface area contributed by atoms with Gasteiger partial charge in [0.1, 0.15) is 0 Å². The van der Waals surface area contributed by atoms with Gasteiger partial charge in [0.2, 0.25) is 0 Å². The minimum absolute atomic E-state index is 0.412. The first-order valence-electron chi connectivity index (χ1n) is 5.43. The summed E-state index contributed by atoms with van der Waals surface area (Å²) in [6.07, 6.45) is 4.15. The summed E-state index contributed by atoms with van der Waals surface area (Å²) in [6.45, 7) is 7.55. The van der Waals surface area contributed by atoms with E-state index in [1.54, 1.807) is 0 Å². The van der Waals surface area contributed by atoms with Crippen molar-refractivity contribution in [3.8, 4) is 0 Å². The van der Waals surface area contributed by atoms with Crippen LogP contribution in [0.2, 0.25) is 0 Å². The van der Waals surface area contributed by atoms with Crippen LogP contribution < -0.4 is 5.32 Å². The summed E-state index contributed by atoms with van der Waals surface area (Å²) in [5.74, 6) is 0. The molecular formula is C12H20N2. The van der Waals surface area contributed by atoms with Crippen molar-refractivity contribution >= 4 is 0 Å². The molecule has 0 aliphatic carbocycles. The van der Waals surface area contributed by atoms with Gasteiger partial charge in [0.15, 0.2) is 0 Å². The Kier molecular flexibility index (Phi) is 4.60. The second-order valence-electron chi connectivity index (χ2n) is 3.67. The highest BCUT2D eigenvalue weighted by Crippen LogP contribution is 2.14. The lowest BCUT2D eigenvalue weighted by atomic mass is 10.1. The number of rotatable bonds is 5. The van der Waals surface area contributed by atoms with Crippen LogP contribution in [0.4, 0.5) is 0 Å². The molecule has 1 aromatic heterocycles. The SMILES string of the molecule is CCCNC(CC)c1cc(C)ccn1. The molecule has 1 unspecified atom stereocenters. The van der Waals surface area contributed by atoms with Crippen molar-refractivity contribution < 1.29 is 0 Å². The molecule has 0 radical (unpaired) electrons. The maximum absolute atomic E-state index is 4.40. The van der Waals surface area contributed by atoms with Crippen molar-refractivity contribution in [2.24, 2.45) is 0 Å². The van der Waals surface area contributed by atoms with E-state index in [0.29, 0.717) is 6.04 Å². The third-order valence-electron chi connectivity index (χ3n) is 2.34. The fourth-order valence-corrected chi connectivity index (χ4v) is 1.53. The van der Waals surface area contributed by atoms with Gasteiger partial charge in [0.25, 0.3) is 0 Å². The first kappa shape index (κ1) is 11.2. The van der Waals surface area contributed by atoms with Gasteiger partial charge in [-0.25, -0.2) is 0 Å². The van der Waals surface area contributed by atoms with E-state index in [1.807, 2.05) is 12.3 Å². The normalized spacial score (nSPS) is 12.8. The average Bonchev–Trinajstić information content (AvgIpc) is 2.19. The number of aromatic nitrogens is 1. The summed E-state index contributed by atoms with van der Waals surface area (Å²) in [5, 5.41) is 3.50. The zero-order valence-electron chi connectivity index (χ0n) is 9.38. The summed E-state index contributed by atoms with van der Waals surface area (Å²) in [6, 6.07) is 4.61. The third-order valence-corrected chi connectivity index (χ3v) is 2.34. The summed E-state index contributed by atoms with van der Waals surface area (Å²) in [5.41, 5.74) is 2.45. The van der Waals surface area contributed by atoms with Gasteiger partial charge < -0.3 is 5.32 Å². The molecule has 14 heavy (non-hydrogen) atoms. The lowest BCUT2D eigenvalue weighted by Gasteiger charge is -2.16. The molecule has 2 nitrogen and oxygen atoms in total. The lowest BCUT2D eigenvalue weighted by molar-refractivity contribution is 0.507. The second-order valence-corrected chi connectivity index (χ2v) is 3.67. The molecule has 78 valence electrons. The Morgan fingerprint density at radius 1 is 1.43 bits per heavy atom. The van der Waals surface area contributed by atoms with E-state index in [4.69, 9.17) is 0 Å². The van der Waals surface area contributed by atoms with Crippen LogP contribution in [-0.2, 0) is 0 Å². The maximum atomic E-state index is 4.40. The highest BCUT2D eigenvalue weighted by atomic mass is 14.9. The van der Waals surface area contributed by atoms with Crippen LogP contribution in [0.1, 0.15) is 44.0 Å². The maximum Gasteiger partial charge on any atom is 0.0575 e. The van der Waals surface area contributed by atoms with Crippen LogP contribution in [0.3, 0.4) is 0 Å². The topological polar surface area (TPSA) is 24.9 Å². The first-order valence-corrected chi connectivity index (χ1v) is 5.43. The van der Waals surface area contributed by atoms with Crippen molar-refractivity contribution in [1.82, 2.24) is 10.3 Å². The van der Waals surface area contributed by atoms with Crippen LogP contribution in [0.15, 0.2) is 18.3 Å². The minimum atomic E-state index is 0.412. The number of hydrogen-bond donors (Lipinski definition) is 1. The summed E-state index contributed by atoms with van der Waals surface area (Å²) in [7, 11) is 0. The van der Waals surface area contributed by atoms with Gasteiger partial charge in [0.05, 0.1) is 5.69 Å². The van der Waals surface area contributed by atoms with Gasteiger partial charge in [0, 0.05) is 12.2 Å². The third kappa shape index (κ3) is 3.11. The molecule has 0 spiro atoms. The standard InChI is InChI=1S/C12H20N2/c1-4-7-13-11(5-2)12-9-10(3)6-8-14-12/h6,8-9,11,13H,4-5,7H2,1-3H3. The Balaban J connectivity index is 2.68. The van der Waals surface area contributed by atoms with Crippen molar-refractivity contribution in [1.29, 1.82) is 0 Å². The molecule has 1 N–H and O–H groups in total. The van der Waals surface area contributed by atoms with Gasteiger partial charge >= 0.3 is 0 Å². The quantitative estimate of drug-likeness (QED) is 0.776. The number of pyridine rings is 1. The molecule has 0 aromatic carbocycles. The predicted molar refractivity (Wildman–Crippen MR) is 60.3 cm³/mol. The molecule has 0 fully saturated rings. The number of hydrogen-bond acceptors (Lipinski definition) is 2. The average molecular weight is 192 g/mol. The van der Waals surface area contributed by atoms with Crippen LogP contribution in [0.25, 0.3) is 0 Å². The zero-order chi connectivity index (χ0) is 10.4. The largest absolute Gasteiger partial charge is 0.309 e. The van der Waals surface area contributed by atoms with E-state index in [2.05, 4.69) is 37.1 Å². The first-order chi connectivity index (χ1) is 6.77. The van der Waals surface area contributed by atoms with Crippen LogP contribution in [0, 0.1) is 6.92 Å². The van der Waals surface area contributed by atoms with Crippen LogP contribution >= 0.6 is 0 Å². The predicted octanol–water partition coefficient (Wildman–Crippen LogP) is 2.84. The highest BCUT2D eigenvalue weighted by molar-refractivity contribution is 5.17. The van der Waals surface area contributed by atoms with Crippen LogP contribution in [0.5, 0.6) is 0 Å². The Hall–Kier alpha value is -0.890. The molecule has 1 aromatic rings. The second kappa shape index (κ2) is 5.76. The molecule has 0 aliphatic rings. The van der Waals surface area contributed by atoms with Gasteiger partial charge in [-0.2, -0.15) is 0 Å². The van der Waals surface area contributed by atoms with Gasteiger partial charge in [-0.05, 0) is 44.0 Å². The van der Waals surface area contributed by atoms with E-state index in [0.717, 1.165) is 13.0 Å². The fourth-order valence-electron chi connectivity index (χ4n) is 1.53. The molecular weight excluding hydrogens is 172 g/mol. The molecule has 0 amide bonds. The Labute approximate surface area is 86.8 Å². The van der Waals surface area contributed by atoms with E-state index < -0.39 is 0 Å². The van der Waals surface area contributed by atoms with Crippen molar-refractivity contribution in [3.05, 3.63) is 29.6 Å². The summed E-state index contributed by atoms with van der Waals surface area (Å²) < 4.78 is 0. The van der Waals surface area contributed by atoms with Gasteiger partial charge in [-0.3, -0.25) is 4.98 Å². The minimum Gasteiger partial charge on any atom is -0.309 e. The zero-order valence-corrected chi connectivity index (χ0v) is 9.38. The number of aryl methyl sites for hydroxylation is 1. The molecule has 2 heteroatoms. The fraction of sp³-hybridized carbons (Fsp3) is 0.583. The highest BCUT2D eigenvalue weighted by Gasteiger charge is 2.08. The Bertz CT molecular complexity index is 271. The number of nitrogens with one attached hydrogen (secondary N) is 1. The van der Waals surface area contributed by atoms with E-state index in [-0.39, 0.29) is 0 Å². The lowest BCUT2D eigenvalue weighted by Crippen LogP contribution is -2.22. The van der Waals surface area contributed by atoms with Crippen LogP contribution in [-0.4, -0.2) is 11.5 Å². The van der Waals surface area contributed by atoms with E-state index in [9.17, 15) is 0 Å².